The summed E-state index contributed by atoms with van der Waals surface area (Å²) in [4.78, 5) is 25.6. The van der Waals surface area contributed by atoms with E-state index in [1.54, 1.807) is 37.4 Å². The van der Waals surface area contributed by atoms with E-state index in [0.29, 0.717) is 11.4 Å². The van der Waals surface area contributed by atoms with Gasteiger partial charge in [0, 0.05) is 44.2 Å². The van der Waals surface area contributed by atoms with Gasteiger partial charge in [-0.15, -0.1) is 0 Å². The van der Waals surface area contributed by atoms with Gasteiger partial charge in [0.1, 0.15) is 5.75 Å². The molecule has 0 aliphatic rings. The van der Waals surface area contributed by atoms with Crippen molar-refractivity contribution in [2.45, 2.75) is 9.79 Å². The topological polar surface area (TPSA) is 116 Å². The second-order valence-corrected chi connectivity index (χ2v) is 8.94. The van der Waals surface area contributed by atoms with E-state index in [2.05, 4.69) is 5.87 Å². The monoisotopic (exact) mass is 439 g/mol. The Bertz CT molecular complexity index is 1250. The number of non-ortho nitro benzene ring substituents is 1. The molecule has 0 spiro atoms. The number of nitrogen functional groups attached to an aromatic ring is 1. The minimum atomic E-state index is -3.19. The second-order valence-electron chi connectivity index (χ2n) is 6.68. The molecule has 2 N–H and O–H groups in total. The fourth-order valence-electron chi connectivity index (χ4n) is 3.15. The van der Waals surface area contributed by atoms with Gasteiger partial charge in [-0.2, -0.15) is 0 Å². The van der Waals surface area contributed by atoms with Crippen molar-refractivity contribution in [1.29, 1.82) is 0 Å². The molecule has 0 aromatic heterocycles. The zero-order chi connectivity index (χ0) is 22.8. The van der Waals surface area contributed by atoms with Crippen molar-refractivity contribution in [3.63, 3.8) is 0 Å². The maximum atomic E-state index is 13.7. The first-order chi connectivity index (χ1) is 14.7. The lowest BCUT2D eigenvalue weighted by atomic mass is 10.1. The van der Waals surface area contributed by atoms with Crippen molar-refractivity contribution < 1.29 is 18.7 Å². The minimum Gasteiger partial charge on any atom is -0.495 e. The van der Waals surface area contributed by atoms with Crippen LogP contribution in [-0.2, 0) is 9.52 Å². The van der Waals surface area contributed by atoms with Gasteiger partial charge in [-0.1, -0.05) is 18.2 Å². The van der Waals surface area contributed by atoms with Crippen LogP contribution in [0, 0.1) is 10.1 Å². The van der Waals surface area contributed by atoms with E-state index in [0.717, 1.165) is 0 Å². The Balaban J connectivity index is 2.11. The van der Waals surface area contributed by atoms with Crippen molar-refractivity contribution in [2.75, 3.05) is 24.8 Å². The summed E-state index contributed by atoms with van der Waals surface area (Å²) in [5, 5.41) is 10.9. The van der Waals surface area contributed by atoms with Crippen molar-refractivity contribution in [3.05, 3.63) is 82.4 Å². The molecule has 1 unspecified atom stereocenters. The molecule has 9 heteroatoms. The molecule has 0 fully saturated rings. The standard InChI is InChI=1S/C22H21N3O5S/c1-24(18-8-4-5-9-19(18)30-2)22(26)21-17(23)7-6-10-20(21)31(3,29)16-13-11-15(12-14-16)25(27)28/h4-14H,3,23H2,1-2H3. The Morgan fingerprint density at radius 2 is 1.74 bits per heavy atom. The van der Waals surface area contributed by atoms with Gasteiger partial charge in [0.2, 0.25) is 0 Å². The van der Waals surface area contributed by atoms with Crippen LogP contribution in [0.4, 0.5) is 17.1 Å². The third-order valence-corrected chi connectivity index (χ3v) is 6.89. The fourth-order valence-corrected chi connectivity index (χ4v) is 4.81. The van der Waals surface area contributed by atoms with Gasteiger partial charge in [-0.3, -0.25) is 19.1 Å². The zero-order valence-corrected chi connectivity index (χ0v) is 17.8. The highest BCUT2D eigenvalue weighted by Gasteiger charge is 2.26. The molecule has 160 valence electrons. The maximum Gasteiger partial charge on any atom is 0.269 e. The summed E-state index contributed by atoms with van der Waals surface area (Å²) in [6.45, 7) is 0. The molecule has 0 bridgehead atoms. The molecule has 0 heterocycles. The quantitative estimate of drug-likeness (QED) is 0.272. The van der Waals surface area contributed by atoms with Crippen LogP contribution in [-0.4, -0.2) is 35.1 Å². The number of hydrogen-bond acceptors (Lipinski definition) is 6. The molecular weight excluding hydrogens is 418 g/mol. The summed E-state index contributed by atoms with van der Waals surface area (Å²) in [5.74, 6) is 3.84. The van der Waals surface area contributed by atoms with Gasteiger partial charge in [0.15, 0.2) is 0 Å². The number of para-hydroxylation sites is 2. The third kappa shape index (κ3) is 4.08. The number of nitrogens with zero attached hydrogens (tertiary/aromatic N) is 2. The molecule has 0 radical (unpaired) electrons. The minimum absolute atomic E-state index is 0.0502. The first-order valence-electron chi connectivity index (χ1n) is 9.09. The summed E-state index contributed by atoms with van der Waals surface area (Å²) >= 11 is 0. The number of carbonyl (C=O) groups excluding carboxylic acids is 1. The molecule has 0 aliphatic heterocycles. The average Bonchev–Trinajstić information content (AvgIpc) is 2.77. The van der Waals surface area contributed by atoms with Crippen LogP contribution in [0.5, 0.6) is 5.75 Å². The molecule has 8 nitrogen and oxygen atoms in total. The summed E-state index contributed by atoms with van der Waals surface area (Å²) in [6, 6.07) is 16.9. The van der Waals surface area contributed by atoms with Crippen LogP contribution in [0.1, 0.15) is 10.4 Å². The van der Waals surface area contributed by atoms with E-state index in [1.807, 2.05) is 0 Å². The van der Waals surface area contributed by atoms with E-state index >= 15 is 0 Å². The lowest BCUT2D eigenvalue weighted by Gasteiger charge is -2.23. The van der Waals surface area contributed by atoms with E-state index in [-0.39, 0.29) is 26.7 Å². The first kappa shape index (κ1) is 21.8. The van der Waals surface area contributed by atoms with E-state index in [4.69, 9.17) is 10.5 Å². The lowest BCUT2D eigenvalue weighted by molar-refractivity contribution is -0.384. The van der Waals surface area contributed by atoms with Crippen LogP contribution in [0.3, 0.4) is 0 Å². The predicted molar refractivity (Wildman–Crippen MR) is 121 cm³/mol. The number of hydrogen-bond donors (Lipinski definition) is 1. The summed E-state index contributed by atoms with van der Waals surface area (Å²) in [5.41, 5.74) is 6.69. The van der Waals surface area contributed by atoms with Crippen LogP contribution in [0.2, 0.25) is 0 Å². The van der Waals surface area contributed by atoms with E-state index < -0.39 is 20.4 Å². The number of anilines is 2. The summed E-state index contributed by atoms with van der Waals surface area (Å²) in [6.07, 6.45) is 0. The van der Waals surface area contributed by atoms with Gasteiger partial charge in [0.05, 0.1) is 23.3 Å². The smallest absolute Gasteiger partial charge is 0.269 e. The van der Waals surface area contributed by atoms with Gasteiger partial charge in [0.25, 0.3) is 11.6 Å². The number of nitrogens with two attached hydrogens (primary N) is 1. The predicted octanol–water partition coefficient (Wildman–Crippen LogP) is 3.60. The van der Waals surface area contributed by atoms with Crippen LogP contribution < -0.4 is 15.4 Å². The van der Waals surface area contributed by atoms with Gasteiger partial charge < -0.3 is 15.4 Å². The van der Waals surface area contributed by atoms with Crippen LogP contribution in [0.25, 0.3) is 0 Å². The number of ether oxygens (including phenoxy) is 1. The Morgan fingerprint density at radius 1 is 1.10 bits per heavy atom. The molecule has 3 aromatic rings. The number of benzene rings is 3. The molecule has 1 atom stereocenters. The largest absolute Gasteiger partial charge is 0.495 e. The summed E-state index contributed by atoms with van der Waals surface area (Å²) < 4.78 is 19.0. The highest BCUT2D eigenvalue weighted by Crippen LogP contribution is 2.33. The normalized spacial score (nSPS) is 12.6. The Labute approximate surface area is 180 Å². The van der Waals surface area contributed by atoms with Crippen LogP contribution >= 0.6 is 0 Å². The van der Waals surface area contributed by atoms with Crippen molar-refractivity contribution in [1.82, 2.24) is 0 Å². The van der Waals surface area contributed by atoms with Crippen molar-refractivity contribution in [2.24, 2.45) is 0 Å². The molecule has 0 aliphatic carbocycles. The van der Waals surface area contributed by atoms with Crippen molar-refractivity contribution in [3.8, 4) is 5.75 Å². The molecular formula is C22H21N3O5S. The van der Waals surface area contributed by atoms with E-state index in [9.17, 15) is 19.1 Å². The average molecular weight is 439 g/mol. The van der Waals surface area contributed by atoms with Gasteiger partial charge in [-0.05, 0) is 42.3 Å². The number of rotatable bonds is 6. The Morgan fingerprint density at radius 3 is 2.35 bits per heavy atom. The number of amides is 1. The lowest BCUT2D eigenvalue weighted by Crippen LogP contribution is -2.29. The Hall–Kier alpha value is -3.85. The summed E-state index contributed by atoms with van der Waals surface area (Å²) in [7, 11) is -0.133. The number of nitro groups is 1. The van der Waals surface area contributed by atoms with Crippen molar-refractivity contribution >= 4 is 38.4 Å². The zero-order valence-electron chi connectivity index (χ0n) is 17.0. The fraction of sp³-hybridized carbons (Fsp3) is 0.0909. The maximum absolute atomic E-state index is 13.7. The number of methoxy groups -OCH3 is 1. The molecule has 0 saturated heterocycles. The SMILES string of the molecule is C=S(=O)(c1ccc([N+](=O)[O-])cc1)c1cccc(N)c1C(=O)N(C)c1ccccc1OC. The molecule has 1 amide bonds. The van der Waals surface area contributed by atoms with Gasteiger partial charge >= 0.3 is 0 Å². The highest BCUT2D eigenvalue weighted by atomic mass is 32.2. The molecule has 0 saturated carbocycles. The number of carbonyl (C=O) groups is 1. The molecule has 31 heavy (non-hydrogen) atoms. The van der Waals surface area contributed by atoms with Crippen LogP contribution in [0.15, 0.2) is 76.5 Å². The first-order valence-corrected chi connectivity index (χ1v) is 10.8. The highest BCUT2D eigenvalue weighted by molar-refractivity contribution is 8.00. The van der Waals surface area contributed by atoms with E-state index in [1.165, 1.54) is 48.4 Å². The number of nitro benzene ring substituents is 1. The molecule has 3 rings (SSSR count). The van der Waals surface area contributed by atoms with Gasteiger partial charge in [-0.25, -0.2) is 0 Å². The Kier molecular flexibility index (Phi) is 5.98. The second kappa shape index (κ2) is 8.49. The third-order valence-electron chi connectivity index (χ3n) is 4.81. The molecule has 3 aromatic carbocycles.